The van der Waals surface area contributed by atoms with Crippen molar-refractivity contribution < 1.29 is 13.7 Å². The number of amides is 1. The SMILES string of the molecule is Cc1ccc2[nH]cc(C(Cc3cccc(F)c3)Cc3cc(C(N)=O)no3)c2c1. The summed E-state index contributed by atoms with van der Waals surface area (Å²) in [7, 11) is 0. The molecule has 0 aliphatic carbocycles. The van der Waals surface area contributed by atoms with Gasteiger partial charge in [-0.15, -0.1) is 0 Å². The van der Waals surface area contributed by atoms with Crippen molar-refractivity contribution in [1.82, 2.24) is 10.1 Å². The summed E-state index contributed by atoms with van der Waals surface area (Å²) in [5.74, 6) is -0.315. The number of nitrogens with one attached hydrogen (secondary N) is 1. The number of carbonyl (C=O) groups excluding carboxylic acids is 1. The molecule has 0 fully saturated rings. The average molecular weight is 377 g/mol. The lowest BCUT2D eigenvalue weighted by molar-refractivity contribution is 0.0991. The molecule has 0 aliphatic rings. The van der Waals surface area contributed by atoms with Gasteiger partial charge in [-0.1, -0.05) is 28.9 Å². The molecule has 0 bridgehead atoms. The number of aromatic amines is 1. The molecule has 0 aliphatic heterocycles. The second-order valence-electron chi connectivity index (χ2n) is 7.07. The van der Waals surface area contributed by atoms with Gasteiger partial charge in [0.15, 0.2) is 5.69 Å². The van der Waals surface area contributed by atoms with E-state index in [9.17, 15) is 9.18 Å². The zero-order chi connectivity index (χ0) is 19.7. The summed E-state index contributed by atoms with van der Waals surface area (Å²) in [6.45, 7) is 2.05. The first-order valence-electron chi connectivity index (χ1n) is 9.07. The highest BCUT2D eigenvalue weighted by Crippen LogP contribution is 2.32. The Kier molecular flexibility index (Phi) is 4.69. The Morgan fingerprint density at radius 3 is 2.82 bits per heavy atom. The molecule has 142 valence electrons. The number of rotatable bonds is 6. The number of hydrogen-bond donors (Lipinski definition) is 2. The number of aryl methyl sites for hydroxylation is 1. The fraction of sp³-hybridized carbons (Fsp3) is 0.182. The standard InChI is InChI=1S/C22H20FN3O2/c1-13-5-6-20-18(7-13)19(12-25-20)15(8-14-3-2-4-16(23)9-14)10-17-11-21(22(24)27)26-28-17/h2-7,9,11-12,15,25H,8,10H2,1H3,(H2,24,27). The Hall–Kier alpha value is -3.41. The smallest absolute Gasteiger partial charge is 0.270 e. The molecule has 0 spiro atoms. The first-order valence-corrected chi connectivity index (χ1v) is 9.07. The molecule has 1 amide bonds. The molecule has 6 heteroatoms. The number of primary amides is 1. The molecule has 28 heavy (non-hydrogen) atoms. The van der Waals surface area contributed by atoms with Crippen LogP contribution in [0.5, 0.6) is 0 Å². The van der Waals surface area contributed by atoms with Gasteiger partial charge in [-0.25, -0.2) is 4.39 Å². The molecule has 2 aromatic heterocycles. The van der Waals surface area contributed by atoms with E-state index in [1.807, 2.05) is 25.3 Å². The topological polar surface area (TPSA) is 84.9 Å². The molecule has 5 nitrogen and oxygen atoms in total. The van der Waals surface area contributed by atoms with Crippen LogP contribution in [0, 0.1) is 12.7 Å². The van der Waals surface area contributed by atoms with Gasteiger partial charge in [0.25, 0.3) is 5.91 Å². The predicted molar refractivity (Wildman–Crippen MR) is 105 cm³/mol. The van der Waals surface area contributed by atoms with Crippen molar-refractivity contribution >= 4 is 16.8 Å². The van der Waals surface area contributed by atoms with Crippen molar-refractivity contribution in [2.75, 3.05) is 0 Å². The Morgan fingerprint density at radius 1 is 1.21 bits per heavy atom. The molecule has 1 atom stereocenters. The van der Waals surface area contributed by atoms with E-state index >= 15 is 0 Å². The van der Waals surface area contributed by atoms with Crippen LogP contribution in [0.25, 0.3) is 10.9 Å². The third-order valence-corrected chi connectivity index (χ3v) is 4.94. The Bertz CT molecular complexity index is 1150. The van der Waals surface area contributed by atoms with Crippen LogP contribution in [-0.2, 0) is 12.8 Å². The third-order valence-electron chi connectivity index (χ3n) is 4.94. The van der Waals surface area contributed by atoms with Crippen molar-refractivity contribution in [1.29, 1.82) is 0 Å². The molecule has 0 radical (unpaired) electrons. The summed E-state index contributed by atoms with van der Waals surface area (Å²) in [6, 6.07) is 14.4. The summed E-state index contributed by atoms with van der Waals surface area (Å²) in [6.07, 6.45) is 3.11. The van der Waals surface area contributed by atoms with E-state index in [2.05, 4.69) is 22.3 Å². The highest BCUT2D eigenvalue weighted by atomic mass is 19.1. The van der Waals surface area contributed by atoms with Crippen molar-refractivity contribution in [2.24, 2.45) is 5.73 Å². The summed E-state index contributed by atoms with van der Waals surface area (Å²) >= 11 is 0. The summed E-state index contributed by atoms with van der Waals surface area (Å²) in [5.41, 5.74) is 9.59. The number of carbonyl (C=O) groups is 1. The van der Waals surface area contributed by atoms with Gasteiger partial charge < -0.3 is 15.2 Å². The van der Waals surface area contributed by atoms with Crippen LogP contribution in [0.3, 0.4) is 0 Å². The van der Waals surface area contributed by atoms with Crippen molar-refractivity contribution in [3.63, 3.8) is 0 Å². The van der Waals surface area contributed by atoms with E-state index in [4.69, 9.17) is 10.3 Å². The Morgan fingerprint density at radius 2 is 2.07 bits per heavy atom. The van der Waals surface area contributed by atoms with E-state index in [-0.39, 0.29) is 17.4 Å². The van der Waals surface area contributed by atoms with Crippen LogP contribution < -0.4 is 5.73 Å². The number of benzene rings is 2. The van der Waals surface area contributed by atoms with E-state index < -0.39 is 5.91 Å². The lowest BCUT2D eigenvalue weighted by Gasteiger charge is -2.16. The molecule has 0 saturated carbocycles. The Balaban J connectivity index is 1.73. The minimum atomic E-state index is -0.626. The fourth-order valence-corrected chi connectivity index (χ4v) is 3.60. The van der Waals surface area contributed by atoms with Crippen LogP contribution in [0.1, 0.15) is 38.9 Å². The zero-order valence-corrected chi connectivity index (χ0v) is 15.4. The lowest BCUT2D eigenvalue weighted by atomic mass is 9.88. The van der Waals surface area contributed by atoms with Crippen molar-refractivity contribution in [3.05, 3.63) is 88.7 Å². The number of fused-ring (bicyclic) bond motifs is 1. The molecule has 0 saturated heterocycles. The van der Waals surface area contributed by atoms with Gasteiger partial charge in [-0.05, 0) is 54.7 Å². The van der Waals surface area contributed by atoms with Gasteiger partial charge in [-0.2, -0.15) is 0 Å². The molecular weight excluding hydrogens is 357 g/mol. The van der Waals surface area contributed by atoms with E-state index in [0.29, 0.717) is 18.6 Å². The van der Waals surface area contributed by atoms with Gasteiger partial charge >= 0.3 is 0 Å². The maximum Gasteiger partial charge on any atom is 0.270 e. The fourth-order valence-electron chi connectivity index (χ4n) is 3.60. The minimum Gasteiger partial charge on any atom is -0.364 e. The van der Waals surface area contributed by atoms with E-state index in [0.717, 1.165) is 27.6 Å². The Labute approximate surface area is 161 Å². The third kappa shape index (κ3) is 3.67. The van der Waals surface area contributed by atoms with Crippen LogP contribution in [0.2, 0.25) is 0 Å². The van der Waals surface area contributed by atoms with Crippen LogP contribution in [0.15, 0.2) is 59.3 Å². The number of halogens is 1. The highest BCUT2D eigenvalue weighted by molar-refractivity contribution is 5.90. The van der Waals surface area contributed by atoms with Gasteiger partial charge in [0.1, 0.15) is 11.6 Å². The van der Waals surface area contributed by atoms with Crippen LogP contribution >= 0.6 is 0 Å². The molecule has 2 heterocycles. The molecule has 4 rings (SSSR count). The molecule has 3 N–H and O–H groups in total. The molecule has 4 aromatic rings. The van der Waals surface area contributed by atoms with Crippen LogP contribution in [0.4, 0.5) is 4.39 Å². The first-order chi connectivity index (χ1) is 13.5. The minimum absolute atomic E-state index is 0.00558. The maximum absolute atomic E-state index is 13.7. The highest BCUT2D eigenvalue weighted by Gasteiger charge is 2.21. The normalized spacial score (nSPS) is 12.4. The van der Waals surface area contributed by atoms with Gasteiger partial charge in [-0.3, -0.25) is 4.79 Å². The van der Waals surface area contributed by atoms with E-state index in [1.165, 1.54) is 6.07 Å². The van der Waals surface area contributed by atoms with Crippen molar-refractivity contribution in [2.45, 2.75) is 25.7 Å². The molecule has 2 aromatic carbocycles. The van der Waals surface area contributed by atoms with Gasteiger partial charge in [0.2, 0.25) is 0 Å². The lowest BCUT2D eigenvalue weighted by Crippen LogP contribution is -2.11. The molecular formula is C22H20FN3O2. The largest absolute Gasteiger partial charge is 0.364 e. The summed E-state index contributed by atoms with van der Waals surface area (Å²) < 4.78 is 19.0. The number of aromatic nitrogens is 2. The van der Waals surface area contributed by atoms with Gasteiger partial charge in [0, 0.05) is 29.6 Å². The zero-order valence-electron chi connectivity index (χ0n) is 15.4. The van der Waals surface area contributed by atoms with Crippen molar-refractivity contribution in [3.8, 4) is 0 Å². The first kappa shape index (κ1) is 18.0. The quantitative estimate of drug-likeness (QED) is 0.526. The number of H-pyrrole nitrogens is 1. The number of nitrogens with two attached hydrogens (primary N) is 1. The molecule has 1 unspecified atom stereocenters. The number of nitrogens with zero attached hydrogens (tertiary/aromatic N) is 1. The van der Waals surface area contributed by atoms with Crippen LogP contribution in [-0.4, -0.2) is 16.0 Å². The summed E-state index contributed by atoms with van der Waals surface area (Å²) in [4.78, 5) is 14.6. The average Bonchev–Trinajstić information content (AvgIpc) is 3.28. The maximum atomic E-state index is 13.7. The second-order valence-corrected chi connectivity index (χ2v) is 7.07. The van der Waals surface area contributed by atoms with Gasteiger partial charge in [0.05, 0.1) is 0 Å². The number of hydrogen-bond acceptors (Lipinski definition) is 3. The predicted octanol–water partition coefficient (Wildman–Crippen LogP) is 4.27. The monoisotopic (exact) mass is 377 g/mol. The summed E-state index contributed by atoms with van der Waals surface area (Å²) in [5, 5.41) is 4.85. The second kappa shape index (κ2) is 7.31. The van der Waals surface area contributed by atoms with E-state index in [1.54, 1.807) is 18.2 Å².